The van der Waals surface area contributed by atoms with Crippen LogP contribution in [0.1, 0.15) is 36.0 Å². The van der Waals surface area contributed by atoms with Gasteiger partial charge >= 0.3 is 0 Å². The van der Waals surface area contributed by atoms with Crippen molar-refractivity contribution in [1.29, 1.82) is 0 Å². The van der Waals surface area contributed by atoms with Gasteiger partial charge in [0.2, 0.25) is 0 Å². The molecular weight excluding hydrogens is 279 g/mol. The van der Waals surface area contributed by atoms with Gasteiger partial charge in [0.15, 0.2) is 0 Å². The van der Waals surface area contributed by atoms with Gasteiger partial charge in [-0.05, 0) is 12.8 Å². The van der Waals surface area contributed by atoms with Gasteiger partial charge < -0.3 is 5.32 Å². The summed E-state index contributed by atoms with van der Waals surface area (Å²) in [6.45, 7) is 0.317. The smallest absolute Gasteiger partial charge is 0.257 e. The number of rotatable bonds is 7. The Morgan fingerprint density at radius 2 is 1.63 bits per heavy atom. The lowest BCUT2D eigenvalue weighted by Gasteiger charge is -2.07. The van der Waals surface area contributed by atoms with Gasteiger partial charge in [0.25, 0.3) is 5.91 Å². The normalized spacial score (nSPS) is 10.5. The zero-order valence-corrected chi connectivity index (χ0v) is 11.1. The molecule has 1 aromatic carbocycles. The Balaban J connectivity index is 2.46. The molecule has 0 spiro atoms. The summed E-state index contributed by atoms with van der Waals surface area (Å²) in [5.41, 5.74) is -0.748. The Bertz CT molecular complexity index is 417. The predicted molar refractivity (Wildman–Crippen MR) is 67.8 cm³/mol. The zero-order valence-electron chi connectivity index (χ0n) is 10.3. The zero-order chi connectivity index (χ0) is 14.3. The summed E-state index contributed by atoms with van der Waals surface area (Å²) in [5.74, 6) is -3.72. The largest absolute Gasteiger partial charge is 0.352 e. The first-order valence-electron chi connectivity index (χ1n) is 6.05. The van der Waals surface area contributed by atoms with E-state index in [1.165, 1.54) is 0 Å². The van der Waals surface area contributed by atoms with Crippen molar-refractivity contribution in [2.24, 2.45) is 0 Å². The Morgan fingerprint density at radius 1 is 1.05 bits per heavy atom. The number of alkyl halides is 1. The topological polar surface area (TPSA) is 29.1 Å². The first-order chi connectivity index (χ1) is 9.06. The molecule has 19 heavy (non-hydrogen) atoms. The second-order valence-electron chi connectivity index (χ2n) is 4.10. The van der Waals surface area contributed by atoms with E-state index in [2.05, 4.69) is 5.32 Å². The molecule has 2 nitrogen and oxygen atoms in total. The molecule has 1 amide bonds. The van der Waals surface area contributed by atoms with E-state index >= 15 is 0 Å². The molecule has 0 saturated heterocycles. The fourth-order valence-electron chi connectivity index (χ4n) is 1.62. The molecule has 0 heterocycles. The Kier molecular flexibility index (Phi) is 6.70. The number of carbonyl (C=O) groups excluding carboxylic acids is 1. The van der Waals surface area contributed by atoms with Crippen molar-refractivity contribution in [3.05, 3.63) is 35.1 Å². The first-order valence-corrected chi connectivity index (χ1v) is 6.58. The van der Waals surface area contributed by atoms with E-state index in [0.717, 1.165) is 19.3 Å². The van der Waals surface area contributed by atoms with Crippen LogP contribution < -0.4 is 5.32 Å². The van der Waals surface area contributed by atoms with Gasteiger partial charge in [0.05, 0.1) is 0 Å². The molecule has 0 aromatic heterocycles. The number of hydrogen-bond donors (Lipinski definition) is 1. The molecule has 0 unspecified atom stereocenters. The minimum absolute atomic E-state index is 0.317. The molecule has 0 atom stereocenters. The summed E-state index contributed by atoms with van der Waals surface area (Å²) in [6.07, 6.45) is 3.42. The van der Waals surface area contributed by atoms with E-state index in [1.54, 1.807) is 0 Å². The molecule has 0 aliphatic carbocycles. The van der Waals surface area contributed by atoms with Crippen molar-refractivity contribution in [1.82, 2.24) is 5.32 Å². The summed E-state index contributed by atoms with van der Waals surface area (Å²) >= 11 is 5.51. The van der Waals surface area contributed by atoms with Gasteiger partial charge in [-0.1, -0.05) is 12.8 Å². The minimum Gasteiger partial charge on any atom is -0.352 e. The van der Waals surface area contributed by atoms with Crippen molar-refractivity contribution in [3.63, 3.8) is 0 Å². The van der Waals surface area contributed by atoms with Crippen LogP contribution in [0.4, 0.5) is 13.2 Å². The molecule has 0 radical (unpaired) electrons. The molecule has 1 rings (SSSR count). The summed E-state index contributed by atoms with van der Waals surface area (Å²) < 4.78 is 39.2. The Labute approximate surface area is 114 Å². The van der Waals surface area contributed by atoms with E-state index in [-0.39, 0.29) is 0 Å². The van der Waals surface area contributed by atoms with Crippen LogP contribution in [0.15, 0.2) is 12.1 Å². The van der Waals surface area contributed by atoms with Crippen molar-refractivity contribution in [3.8, 4) is 0 Å². The molecule has 0 fully saturated rings. The Hall–Kier alpha value is -1.23. The standard InChI is InChI=1S/C13H15ClF3NO/c14-5-3-1-2-4-6-18-13(19)12-10(16)7-9(15)8-11(12)17/h7-8H,1-6H2,(H,18,19). The van der Waals surface area contributed by atoms with Gasteiger partial charge in [-0.3, -0.25) is 4.79 Å². The van der Waals surface area contributed by atoms with Gasteiger partial charge in [-0.25, -0.2) is 13.2 Å². The van der Waals surface area contributed by atoms with Gasteiger partial charge in [-0.15, -0.1) is 11.6 Å². The van der Waals surface area contributed by atoms with E-state index < -0.39 is 28.9 Å². The van der Waals surface area contributed by atoms with Crippen molar-refractivity contribution in [2.45, 2.75) is 25.7 Å². The molecule has 0 bridgehead atoms. The predicted octanol–water partition coefficient (Wildman–Crippen LogP) is 3.63. The summed E-state index contributed by atoms with van der Waals surface area (Å²) in [6, 6.07) is 0.969. The lowest BCUT2D eigenvalue weighted by Crippen LogP contribution is -2.26. The number of nitrogens with one attached hydrogen (secondary N) is 1. The molecule has 0 saturated carbocycles. The van der Waals surface area contributed by atoms with Gasteiger partial charge in [-0.2, -0.15) is 0 Å². The van der Waals surface area contributed by atoms with Crippen molar-refractivity contribution < 1.29 is 18.0 Å². The summed E-state index contributed by atoms with van der Waals surface area (Å²) in [5, 5.41) is 2.40. The van der Waals surface area contributed by atoms with Crippen LogP contribution in [-0.4, -0.2) is 18.3 Å². The number of benzene rings is 1. The molecular formula is C13H15ClF3NO. The SMILES string of the molecule is O=C(NCCCCCCCl)c1c(F)cc(F)cc1F. The first kappa shape index (κ1) is 15.8. The molecule has 0 aliphatic rings. The number of amides is 1. The highest BCUT2D eigenvalue weighted by atomic mass is 35.5. The maximum Gasteiger partial charge on any atom is 0.257 e. The van der Waals surface area contributed by atoms with Crippen LogP contribution in [0.3, 0.4) is 0 Å². The van der Waals surface area contributed by atoms with Crippen LogP contribution in [0, 0.1) is 17.5 Å². The highest BCUT2D eigenvalue weighted by molar-refractivity contribution is 6.17. The summed E-state index contributed by atoms with van der Waals surface area (Å²) in [7, 11) is 0. The average molecular weight is 294 g/mol. The van der Waals surface area contributed by atoms with Crippen molar-refractivity contribution in [2.75, 3.05) is 12.4 Å². The summed E-state index contributed by atoms with van der Waals surface area (Å²) in [4.78, 5) is 11.6. The van der Waals surface area contributed by atoms with E-state index in [9.17, 15) is 18.0 Å². The second kappa shape index (κ2) is 8.04. The second-order valence-corrected chi connectivity index (χ2v) is 4.48. The monoisotopic (exact) mass is 293 g/mol. The fraction of sp³-hybridized carbons (Fsp3) is 0.462. The lowest BCUT2D eigenvalue weighted by atomic mass is 10.1. The highest BCUT2D eigenvalue weighted by Gasteiger charge is 2.18. The van der Waals surface area contributed by atoms with Crippen LogP contribution in [0.5, 0.6) is 0 Å². The fourth-order valence-corrected chi connectivity index (χ4v) is 1.81. The number of halogens is 4. The molecule has 6 heteroatoms. The third-order valence-electron chi connectivity index (χ3n) is 2.58. The third-order valence-corrected chi connectivity index (χ3v) is 2.85. The van der Waals surface area contributed by atoms with Crippen LogP contribution >= 0.6 is 11.6 Å². The van der Waals surface area contributed by atoms with Crippen LogP contribution in [0.2, 0.25) is 0 Å². The van der Waals surface area contributed by atoms with Crippen LogP contribution in [0.25, 0.3) is 0 Å². The Morgan fingerprint density at radius 3 is 2.21 bits per heavy atom. The van der Waals surface area contributed by atoms with Gasteiger partial charge in [0.1, 0.15) is 23.0 Å². The molecule has 106 valence electrons. The highest BCUT2D eigenvalue weighted by Crippen LogP contribution is 2.14. The average Bonchev–Trinajstić information content (AvgIpc) is 2.32. The maximum atomic E-state index is 13.3. The van der Waals surface area contributed by atoms with Crippen LogP contribution in [-0.2, 0) is 0 Å². The van der Waals surface area contributed by atoms with E-state index in [0.29, 0.717) is 31.0 Å². The van der Waals surface area contributed by atoms with E-state index in [1.807, 2.05) is 0 Å². The molecule has 0 aliphatic heterocycles. The third kappa shape index (κ3) is 5.11. The van der Waals surface area contributed by atoms with E-state index in [4.69, 9.17) is 11.6 Å². The minimum atomic E-state index is -1.20. The quantitative estimate of drug-likeness (QED) is 0.603. The lowest BCUT2D eigenvalue weighted by molar-refractivity contribution is 0.0944. The maximum absolute atomic E-state index is 13.3. The molecule has 1 N–H and O–H groups in total. The number of unbranched alkanes of at least 4 members (excludes halogenated alkanes) is 3. The van der Waals surface area contributed by atoms with Gasteiger partial charge in [0, 0.05) is 24.6 Å². The molecule has 1 aromatic rings. The number of carbonyl (C=O) groups is 1. The van der Waals surface area contributed by atoms with Crippen molar-refractivity contribution >= 4 is 17.5 Å². The number of hydrogen-bond acceptors (Lipinski definition) is 1.